The maximum Gasteiger partial charge on any atom is 0.227 e. The first-order chi connectivity index (χ1) is 6.66. The number of benzene rings is 1. The molecule has 0 unspecified atom stereocenters. The molecule has 0 atom stereocenters. The minimum absolute atomic E-state index is 0.212. The number of aromatic hydroxyl groups is 1. The summed E-state index contributed by atoms with van der Waals surface area (Å²) in [6.45, 7) is 1.84. The smallest absolute Gasteiger partial charge is 0.227 e. The van der Waals surface area contributed by atoms with Gasteiger partial charge in [-0.05, 0) is 41.1 Å². The van der Waals surface area contributed by atoms with Crippen LogP contribution in [0.5, 0.6) is 5.75 Å². The number of aromatic nitrogens is 1. The highest BCUT2D eigenvalue weighted by atomic mass is 79.9. The standard InChI is InChI=1S/C10H8BrNO2/c1-6-5-12-10(14-6)8-3-2-7(13)4-9(8)11/h2-5,13H,1H3. The average Bonchev–Trinajstić information content (AvgIpc) is 2.51. The van der Waals surface area contributed by atoms with Crippen LogP contribution in [0, 0.1) is 6.92 Å². The van der Waals surface area contributed by atoms with Crippen molar-refractivity contribution in [3.05, 3.63) is 34.6 Å². The summed E-state index contributed by atoms with van der Waals surface area (Å²) >= 11 is 3.33. The van der Waals surface area contributed by atoms with E-state index >= 15 is 0 Å². The van der Waals surface area contributed by atoms with Crippen molar-refractivity contribution in [3.8, 4) is 17.2 Å². The lowest BCUT2D eigenvalue weighted by molar-refractivity contribution is 0.475. The SMILES string of the molecule is Cc1cnc(-c2ccc(O)cc2Br)o1. The van der Waals surface area contributed by atoms with Gasteiger partial charge in [0, 0.05) is 4.47 Å². The molecule has 0 spiro atoms. The molecular weight excluding hydrogens is 246 g/mol. The summed E-state index contributed by atoms with van der Waals surface area (Å²) in [5, 5.41) is 9.21. The monoisotopic (exact) mass is 253 g/mol. The summed E-state index contributed by atoms with van der Waals surface area (Å²) in [7, 11) is 0. The highest BCUT2D eigenvalue weighted by Crippen LogP contribution is 2.30. The van der Waals surface area contributed by atoms with Crippen molar-refractivity contribution in [1.29, 1.82) is 0 Å². The van der Waals surface area contributed by atoms with Crippen molar-refractivity contribution < 1.29 is 9.52 Å². The maximum absolute atomic E-state index is 9.21. The van der Waals surface area contributed by atoms with E-state index in [1.54, 1.807) is 24.4 Å². The second kappa shape index (κ2) is 3.46. The van der Waals surface area contributed by atoms with Gasteiger partial charge in [-0.15, -0.1) is 0 Å². The molecule has 0 saturated heterocycles. The minimum Gasteiger partial charge on any atom is -0.508 e. The molecule has 3 nitrogen and oxygen atoms in total. The normalized spacial score (nSPS) is 10.4. The molecule has 0 amide bonds. The summed E-state index contributed by atoms with van der Waals surface area (Å²) in [5.41, 5.74) is 0.830. The van der Waals surface area contributed by atoms with Crippen molar-refractivity contribution in [2.75, 3.05) is 0 Å². The Morgan fingerprint density at radius 1 is 1.43 bits per heavy atom. The Kier molecular flexibility index (Phi) is 2.29. The lowest BCUT2D eigenvalue weighted by atomic mass is 10.2. The molecule has 0 bridgehead atoms. The Morgan fingerprint density at radius 2 is 2.21 bits per heavy atom. The van der Waals surface area contributed by atoms with E-state index in [0.717, 1.165) is 15.8 Å². The molecule has 1 heterocycles. The largest absolute Gasteiger partial charge is 0.508 e. The van der Waals surface area contributed by atoms with Crippen LogP contribution >= 0.6 is 15.9 Å². The molecule has 0 radical (unpaired) electrons. The maximum atomic E-state index is 9.21. The van der Waals surface area contributed by atoms with Gasteiger partial charge in [-0.2, -0.15) is 0 Å². The average molecular weight is 254 g/mol. The first kappa shape index (κ1) is 9.27. The van der Waals surface area contributed by atoms with E-state index in [0.29, 0.717) is 5.89 Å². The first-order valence-corrected chi connectivity index (χ1v) is 4.87. The van der Waals surface area contributed by atoms with Gasteiger partial charge < -0.3 is 9.52 Å². The van der Waals surface area contributed by atoms with Crippen LogP contribution in [-0.2, 0) is 0 Å². The van der Waals surface area contributed by atoms with Crippen LogP contribution in [0.2, 0.25) is 0 Å². The number of rotatable bonds is 1. The van der Waals surface area contributed by atoms with Crippen LogP contribution in [-0.4, -0.2) is 10.1 Å². The van der Waals surface area contributed by atoms with E-state index in [1.165, 1.54) is 0 Å². The van der Waals surface area contributed by atoms with E-state index in [1.807, 2.05) is 6.92 Å². The second-order valence-corrected chi connectivity index (χ2v) is 3.79. The summed E-state index contributed by atoms with van der Waals surface area (Å²) in [4.78, 5) is 4.10. The quantitative estimate of drug-likeness (QED) is 0.850. The minimum atomic E-state index is 0.212. The molecule has 72 valence electrons. The molecular formula is C10H8BrNO2. The molecule has 0 saturated carbocycles. The number of hydrogen-bond donors (Lipinski definition) is 1. The molecule has 1 N–H and O–H groups in total. The molecule has 0 aliphatic carbocycles. The second-order valence-electron chi connectivity index (χ2n) is 2.94. The predicted molar refractivity (Wildman–Crippen MR) is 56.0 cm³/mol. The van der Waals surface area contributed by atoms with Crippen LogP contribution in [0.4, 0.5) is 0 Å². The lowest BCUT2D eigenvalue weighted by Crippen LogP contribution is -1.78. The summed E-state index contributed by atoms with van der Waals surface area (Å²) < 4.78 is 6.13. The van der Waals surface area contributed by atoms with E-state index in [2.05, 4.69) is 20.9 Å². The number of phenolic OH excluding ortho intramolecular Hbond substituents is 1. The van der Waals surface area contributed by atoms with E-state index in [-0.39, 0.29) is 5.75 Å². The van der Waals surface area contributed by atoms with Crippen molar-refractivity contribution >= 4 is 15.9 Å². The summed E-state index contributed by atoms with van der Waals surface area (Å²) in [6, 6.07) is 4.96. The van der Waals surface area contributed by atoms with Crippen LogP contribution in [0.3, 0.4) is 0 Å². The third-order valence-corrected chi connectivity index (χ3v) is 2.46. The van der Waals surface area contributed by atoms with E-state index in [4.69, 9.17) is 4.42 Å². The Bertz CT molecular complexity index is 465. The van der Waals surface area contributed by atoms with Gasteiger partial charge in [-0.25, -0.2) is 4.98 Å². The van der Waals surface area contributed by atoms with Crippen molar-refractivity contribution in [3.63, 3.8) is 0 Å². The van der Waals surface area contributed by atoms with Gasteiger partial charge in [-0.1, -0.05) is 0 Å². The van der Waals surface area contributed by atoms with Crippen LogP contribution in [0.1, 0.15) is 5.76 Å². The third-order valence-electron chi connectivity index (χ3n) is 1.80. The van der Waals surface area contributed by atoms with Gasteiger partial charge in [0.05, 0.1) is 11.8 Å². The number of phenols is 1. The zero-order chi connectivity index (χ0) is 10.1. The number of halogens is 1. The van der Waals surface area contributed by atoms with Crippen molar-refractivity contribution in [2.45, 2.75) is 6.92 Å². The molecule has 0 aliphatic rings. The number of nitrogens with zero attached hydrogens (tertiary/aromatic N) is 1. The van der Waals surface area contributed by atoms with Gasteiger partial charge in [0.25, 0.3) is 0 Å². The first-order valence-electron chi connectivity index (χ1n) is 4.08. The molecule has 2 aromatic rings. The zero-order valence-electron chi connectivity index (χ0n) is 7.49. The molecule has 1 aromatic carbocycles. The molecule has 0 aliphatic heterocycles. The molecule has 1 aromatic heterocycles. The fraction of sp³-hybridized carbons (Fsp3) is 0.100. The Labute approximate surface area is 89.5 Å². The van der Waals surface area contributed by atoms with Gasteiger partial charge in [-0.3, -0.25) is 0 Å². The predicted octanol–water partition coefficient (Wildman–Crippen LogP) is 3.12. The fourth-order valence-corrected chi connectivity index (χ4v) is 1.69. The van der Waals surface area contributed by atoms with Crippen LogP contribution in [0.15, 0.2) is 33.3 Å². The molecule has 14 heavy (non-hydrogen) atoms. The van der Waals surface area contributed by atoms with E-state index < -0.39 is 0 Å². The number of oxazole rings is 1. The van der Waals surface area contributed by atoms with Crippen molar-refractivity contribution in [1.82, 2.24) is 4.98 Å². The van der Waals surface area contributed by atoms with Crippen LogP contribution < -0.4 is 0 Å². The topological polar surface area (TPSA) is 46.3 Å². The summed E-state index contributed by atoms with van der Waals surface area (Å²) in [6.07, 6.45) is 1.66. The van der Waals surface area contributed by atoms with Crippen LogP contribution in [0.25, 0.3) is 11.5 Å². The molecule has 4 heteroatoms. The number of aryl methyl sites for hydroxylation is 1. The Morgan fingerprint density at radius 3 is 2.79 bits per heavy atom. The van der Waals surface area contributed by atoms with E-state index in [9.17, 15) is 5.11 Å². The van der Waals surface area contributed by atoms with Gasteiger partial charge in [0.1, 0.15) is 11.5 Å². The van der Waals surface area contributed by atoms with Gasteiger partial charge in [0.15, 0.2) is 0 Å². The zero-order valence-corrected chi connectivity index (χ0v) is 9.08. The Balaban J connectivity index is 2.52. The highest BCUT2D eigenvalue weighted by Gasteiger charge is 2.08. The number of hydrogen-bond acceptors (Lipinski definition) is 3. The molecule has 0 fully saturated rings. The van der Waals surface area contributed by atoms with Gasteiger partial charge in [0.2, 0.25) is 5.89 Å². The molecule has 2 rings (SSSR count). The summed E-state index contributed by atoms with van der Waals surface area (Å²) in [5.74, 6) is 1.53. The third kappa shape index (κ3) is 1.65. The highest BCUT2D eigenvalue weighted by molar-refractivity contribution is 9.10. The fourth-order valence-electron chi connectivity index (χ4n) is 1.16. The Hall–Kier alpha value is -1.29. The van der Waals surface area contributed by atoms with Crippen molar-refractivity contribution in [2.24, 2.45) is 0 Å². The van der Waals surface area contributed by atoms with Gasteiger partial charge >= 0.3 is 0 Å². The lowest BCUT2D eigenvalue weighted by Gasteiger charge is -1.99.